The predicted molar refractivity (Wildman–Crippen MR) is 85.4 cm³/mol. The first kappa shape index (κ1) is 16.2. The summed E-state index contributed by atoms with van der Waals surface area (Å²) in [6.07, 6.45) is 0. The molecule has 0 atom stereocenters. The van der Waals surface area contributed by atoms with Gasteiger partial charge in [-0.05, 0) is 56.9 Å². The van der Waals surface area contributed by atoms with Crippen LogP contribution in [0.2, 0.25) is 39.3 Å². The van der Waals surface area contributed by atoms with Gasteiger partial charge in [-0.2, -0.15) is 5.26 Å². The fourth-order valence-corrected chi connectivity index (χ4v) is 3.27. The molecule has 0 heterocycles. The van der Waals surface area contributed by atoms with Gasteiger partial charge in [0.05, 0.1) is 11.6 Å². The van der Waals surface area contributed by atoms with Crippen molar-refractivity contribution in [2.45, 2.75) is 39.3 Å². The molecule has 3 nitrogen and oxygen atoms in total. The summed E-state index contributed by atoms with van der Waals surface area (Å²) >= 11 is 0. The van der Waals surface area contributed by atoms with E-state index in [9.17, 15) is 0 Å². The van der Waals surface area contributed by atoms with Gasteiger partial charge in [-0.25, -0.2) is 0 Å². The van der Waals surface area contributed by atoms with Gasteiger partial charge in [0.15, 0.2) is 16.6 Å². The summed E-state index contributed by atoms with van der Waals surface area (Å²) in [4.78, 5) is 0. The second-order valence-electron chi connectivity index (χ2n) is 6.53. The third kappa shape index (κ3) is 6.21. The molecular weight excluding hydrogens is 269 g/mol. The van der Waals surface area contributed by atoms with Gasteiger partial charge in [0.1, 0.15) is 0 Å². The zero-order valence-electron chi connectivity index (χ0n) is 12.7. The zero-order chi connectivity index (χ0) is 14.7. The van der Waals surface area contributed by atoms with E-state index in [1.807, 2.05) is 24.3 Å². The molecule has 0 amide bonds. The van der Waals surface area contributed by atoms with Crippen LogP contribution in [-0.2, 0) is 8.69 Å². The van der Waals surface area contributed by atoms with Gasteiger partial charge in [0.25, 0.3) is 0 Å². The maximum absolute atomic E-state index is 8.84. The van der Waals surface area contributed by atoms with Crippen LogP contribution in [0.25, 0.3) is 0 Å². The molecule has 0 aliphatic carbocycles. The lowest BCUT2D eigenvalue weighted by molar-refractivity contribution is 0.436. The van der Waals surface area contributed by atoms with Gasteiger partial charge in [0.2, 0.25) is 0 Å². The van der Waals surface area contributed by atoms with Crippen molar-refractivity contribution in [2.75, 3.05) is 0 Å². The molecular formula is C13H22BNO2Si2. The van der Waals surface area contributed by atoms with Crippen LogP contribution in [-0.4, -0.2) is 23.8 Å². The molecule has 0 unspecified atom stereocenters. The average molecular weight is 291 g/mol. The highest BCUT2D eigenvalue weighted by molar-refractivity contribution is 6.85. The van der Waals surface area contributed by atoms with E-state index >= 15 is 0 Å². The first-order valence-corrected chi connectivity index (χ1v) is 13.3. The van der Waals surface area contributed by atoms with E-state index in [0.717, 1.165) is 5.46 Å². The van der Waals surface area contributed by atoms with E-state index in [-0.39, 0.29) is 7.12 Å². The highest BCUT2D eigenvalue weighted by Crippen LogP contribution is 2.12. The fraction of sp³-hybridized carbons (Fsp3) is 0.462. The van der Waals surface area contributed by atoms with Gasteiger partial charge in [0, 0.05) is 0 Å². The first-order valence-electron chi connectivity index (χ1n) is 6.46. The van der Waals surface area contributed by atoms with Crippen LogP contribution in [0, 0.1) is 11.3 Å². The third-order valence-corrected chi connectivity index (χ3v) is 4.08. The van der Waals surface area contributed by atoms with Gasteiger partial charge in [-0.3, -0.25) is 0 Å². The Morgan fingerprint density at radius 3 is 1.63 bits per heavy atom. The first-order chi connectivity index (χ1) is 8.61. The van der Waals surface area contributed by atoms with E-state index in [1.54, 1.807) is 0 Å². The Balaban J connectivity index is 2.98. The van der Waals surface area contributed by atoms with Crippen molar-refractivity contribution in [2.24, 2.45) is 0 Å². The second-order valence-corrected chi connectivity index (χ2v) is 15.4. The van der Waals surface area contributed by atoms with Gasteiger partial charge in [-0.1, -0.05) is 12.1 Å². The van der Waals surface area contributed by atoms with Crippen LogP contribution in [0.4, 0.5) is 0 Å². The molecule has 1 aromatic rings. The summed E-state index contributed by atoms with van der Waals surface area (Å²) in [7, 11) is -3.70. The molecule has 0 bridgehead atoms. The van der Waals surface area contributed by atoms with E-state index in [1.165, 1.54) is 0 Å². The van der Waals surface area contributed by atoms with Crippen molar-refractivity contribution in [3.8, 4) is 6.07 Å². The Morgan fingerprint density at radius 2 is 1.32 bits per heavy atom. The van der Waals surface area contributed by atoms with Crippen LogP contribution in [0.1, 0.15) is 5.56 Å². The SMILES string of the molecule is C[Si](C)(C)OB(O[Si](C)(C)C)c1ccc(C#N)cc1. The molecule has 0 fully saturated rings. The minimum atomic E-state index is -1.69. The molecule has 0 aliphatic heterocycles. The monoisotopic (exact) mass is 291 g/mol. The molecule has 0 N–H and O–H groups in total. The molecule has 19 heavy (non-hydrogen) atoms. The topological polar surface area (TPSA) is 42.2 Å². The van der Waals surface area contributed by atoms with Crippen LogP contribution < -0.4 is 5.46 Å². The largest absolute Gasteiger partial charge is 0.472 e. The van der Waals surface area contributed by atoms with Crippen LogP contribution in [0.3, 0.4) is 0 Å². The maximum Gasteiger partial charge on any atom is 0.472 e. The Bertz CT molecular complexity index is 442. The smallest absolute Gasteiger partial charge is 0.450 e. The van der Waals surface area contributed by atoms with Gasteiger partial charge >= 0.3 is 7.12 Å². The van der Waals surface area contributed by atoms with E-state index in [2.05, 4.69) is 45.4 Å². The van der Waals surface area contributed by atoms with Gasteiger partial charge in [-0.15, -0.1) is 0 Å². The number of benzene rings is 1. The molecule has 0 aromatic heterocycles. The minimum absolute atomic E-state index is 0.314. The summed E-state index contributed by atoms with van der Waals surface area (Å²) in [5.41, 5.74) is 1.65. The minimum Gasteiger partial charge on any atom is -0.450 e. The van der Waals surface area contributed by atoms with Crippen molar-refractivity contribution >= 4 is 29.2 Å². The molecule has 0 saturated carbocycles. The number of hydrogen-bond donors (Lipinski definition) is 0. The Kier molecular flexibility index (Phi) is 5.16. The van der Waals surface area contributed by atoms with Crippen LogP contribution in [0.5, 0.6) is 0 Å². The summed E-state index contributed by atoms with van der Waals surface area (Å²) in [5.74, 6) is 0. The highest BCUT2D eigenvalue weighted by Gasteiger charge is 2.32. The second kappa shape index (κ2) is 6.05. The molecule has 0 spiro atoms. The standard InChI is InChI=1S/C13H22BNO2Si2/c1-18(2,3)16-14(17-19(4,5)6)13-9-7-12(11-15)8-10-13/h7-10H,1-6H3. The lowest BCUT2D eigenvalue weighted by atomic mass is 9.80. The Labute approximate surface area is 119 Å². The number of rotatable bonds is 5. The van der Waals surface area contributed by atoms with Crippen molar-refractivity contribution in [3.05, 3.63) is 29.8 Å². The van der Waals surface area contributed by atoms with Crippen molar-refractivity contribution in [3.63, 3.8) is 0 Å². The predicted octanol–water partition coefficient (Wildman–Crippen LogP) is 2.96. The molecule has 1 rings (SSSR count). The van der Waals surface area contributed by atoms with E-state index in [0.29, 0.717) is 5.56 Å². The molecule has 0 aliphatic rings. The highest BCUT2D eigenvalue weighted by atomic mass is 28.4. The quantitative estimate of drug-likeness (QED) is 0.783. The third-order valence-electron chi connectivity index (χ3n) is 2.23. The Morgan fingerprint density at radius 1 is 0.895 bits per heavy atom. The molecule has 6 heteroatoms. The number of hydrogen-bond acceptors (Lipinski definition) is 3. The molecule has 1 aromatic carbocycles. The van der Waals surface area contributed by atoms with Gasteiger partial charge < -0.3 is 8.69 Å². The normalized spacial score (nSPS) is 12.1. The fourth-order valence-electron chi connectivity index (χ4n) is 1.52. The average Bonchev–Trinajstić information content (AvgIpc) is 2.24. The zero-order valence-corrected chi connectivity index (χ0v) is 14.7. The lowest BCUT2D eigenvalue weighted by Gasteiger charge is -2.29. The number of nitriles is 1. The molecule has 102 valence electrons. The van der Waals surface area contributed by atoms with Crippen LogP contribution in [0.15, 0.2) is 24.3 Å². The van der Waals surface area contributed by atoms with Crippen molar-refractivity contribution in [1.82, 2.24) is 0 Å². The summed E-state index contributed by atoms with van der Waals surface area (Å²) in [5, 5.41) is 8.84. The summed E-state index contributed by atoms with van der Waals surface area (Å²) < 4.78 is 12.3. The lowest BCUT2D eigenvalue weighted by Crippen LogP contribution is -2.50. The summed E-state index contributed by atoms with van der Waals surface area (Å²) in [6.45, 7) is 12.9. The van der Waals surface area contributed by atoms with Crippen molar-refractivity contribution < 1.29 is 8.69 Å². The van der Waals surface area contributed by atoms with E-state index in [4.69, 9.17) is 13.9 Å². The summed E-state index contributed by atoms with van der Waals surface area (Å²) in [6, 6.07) is 9.58. The Hall–Kier alpha value is -0.871. The maximum atomic E-state index is 8.84. The number of nitrogens with zero attached hydrogens (tertiary/aromatic N) is 1. The van der Waals surface area contributed by atoms with Crippen LogP contribution >= 0.6 is 0 Å². The van der Waals surface area contributed by atoms with E-state index < -0.39 is 16.6 Å². The molecule has 0 radical (unpaired) electrons. The molecule has 0 saturated heterocycles. The van der Waals surface area contributed by atoms with Crippen molar-refractivity contribution in [1.29, 1.82) is 5.26 Å².